The van der Waals surface area contributed by atoms with Crippen molar-refractivity contribution in [1.82, 2.24) is 0 Å². The number of esters is 1. The number of carbonyl (C=O) groups is 3. The average Bonchev–Trinajstić information content (AvgIpc) is 2.42. The van der Waals surface area contributed by atoms with Gasteiger partial charge in [0, 0.05) is 17.8 Å². The van der Waals surface area contributed by atoms with Gasteiger partial charge in [-0.3, -0.25) is 14.4 Å². The second-order valence-corrected chi connectivity index (χ2v) is 8.06. The van der Waals surface area contributed by atoms with Crippen LogP contribution >= 0.6 is 0 Å². The van der Waals surface area contributed by atoms with Crippen LogP contribution < -0.4 is 0 Å². The third-order valence-corrected chi connectivity index (χ3v) is 4.42. The molecule has 0 aliphatic heterocycles. The molecule has 1 saturated carbocycles. The van der Waals surface area contributed by atoms with Crippen molar-refractivity contribution < 1.29 is 33.8 Å². The van der Waals surface area contributed by atoms with Crippen molar-refractivity contribution in [2.24, 2.45) is 10.8 Å². The van der Waals surface area contributed by atoms with E-state index >= 15 is 0 Å². The van der Waals surface area contributed by atoms with Crippen molar-refractivity contribution in [3.63, 3.8) is 0 Å². The van der Waals surface area contributed by atoms with Gasteiger partial charge < -0.3 is 9.84 Å². The van der Waals surface area contributed by atoms with E-state index in [1.807, 2.05) is 0 Å². The molecule has 2 unspecified atom stereocenters. The molecular formula is C16H24N4O5+2. The first kappa shape index (κ1) is 20.6. The Morgan fingerprint density at radius 1 is 0.960 bits per heavy atom. The lowest BCUT2D eigenvalue weighted by Crippen LogP contribution is -2.77. The third-order valence-electron chi connectivity index (χ3n) is 4.42. The number of nitrogens with one attached hydrogen (secondary N) is 2. The highest BCUT2D eigenvalue weighted by atomic mass is 16.6. The second kappa shape index (κ2) is 5.81. The molecule has 0 saturated heterocycles. The predicted octanol–water partition coefficient (Wildman–Crippen LogP) is 0.624. The van der Waals surface area contributed by atoms with Crippen LogP contribution in [-0.4, -0.2) is 54.8 Å². The maximum Gasteiger partial charge on any atom is 0.439 e. The maximum atomic E-state index is 13.2. The number of hydrogen-bond donors (Lipinski definition) is 3. The Morgan fingerprint density at radius 2 is 1.40 bits per heavy atom. The van der Waals surface area contributed by atoms with Gasteiger partial charge in [0.15, 0.2) is 0 Å². The molecule has 9 heteroatoms. The van der Waals surface area contributed by atoms with E-state index in [0.717, 1.165) is 6.92 Å². The molecule has 0 spiro atoms. The average molecular weight is 352 g/mol. The van der Waals surface area contributed by atoms with E-state index in [1.54, 1.807) is 0 Å². The summed E-state index contributed by atoms with van der Waals surface area (Å²) in [4.78, 5) is 44.3. The van der Waals surface area contributed by atoms with Gasteiger partial charge in [-0.15, -0.1) is 0 Å². The minimum Gasteiger partial charge on any atom is -0.437 e. The minimum absolute atomic E-state index is 0.690. The van der Waals surface area contributed by atoms with Gasteiger partial charge in [0.05, 0.1) is 20.6 Å². The molecule has 25 heavy (non-hydrogen) atoms. The minimum atomic E-state index is -2.47. The van der Waals surface area contributed by atoms with E-state index in [9.17, 15) is 19.5 Å². The molecule has 2 atom stereocenters. The summed E-state index contributed by atoms with van der Waals surface area (Å²) in [6.07, 6.45) is 0. The fraction of sp³-hybridized carbons (Fsp3) is 0.688. The van der Waals surface area contributed by atoms with Gasteiger partial charge in [0.2, 0.25) is 5.60 Å². The molecular weight excluding hydrogens is 328 g/mol. The third kappa shape index (κ3) is 2.57. The summed E-state index contributed by atoms with van der Waals surface area (Å²) >= 11 is 0. The number of aliphatic hydroxyl groups is 1. The molecule has 1 rings (SSSR count). The lowest BCUT2D eigenvalue weighted by atomic mass is 9.56. The first-order valence-electron chi connectivity index (χ1n) is 7.64. The van der Waals surface area contributed by atoms with Gasteiger partial charge in [0.1, 0.15) is 0 Å². The number of Topliss-reactive ketones (excluding diaryl/α,β-unsaturated/α-hetero) is 2. The highest BCUT2D eigenvalue weighted by Gasteiger charge is 2.81. The maximum absolute atomic E-state index is 13.2. The Hall–Kier alpha value is -2.47. The number of rotatable bonds is 1. The molecule has 0 heterocycles. The van der Waals surface area contributed by atoms with Crippen LogP contribution in [0.25, 0.3) is 0 Å². The standard InChI is InChI=1S/C16H24N4O5/c1-8(21)25-16(14(5,6)7)10(20-18)11(22)15(24,13(2,3)4)9(19-17)12(16)23/h17-18,24H,1-7H3/q+2. The monoisotopic (exact) mass is 352 g/mol. The summed E-state index contributed by atoms with van der Waals surface area (Å²) in [5.41, 5.74) is 6.22. The molecule has 1 aliphatic carbocycles. The van der Waals surface area contributed by atoms with Crippen molar-refractivity contribution in [2.45, 2.75) is 59.7 Å². The summed E-state index contributed by atoms with van der Waals surface area (Å²) in [5.74, 6) is -2.99. The smallest absolute Gasteiger partial charge is 0.437 e. The number of ketones is 2. The zero-order chi connectivity index (χ0) is 20.0. The largest absolute Gasteiger partial charge is 0.439 e. The molecule has 0 radical (unpaired) electrons. The van der Waals surface area contributed by atoms with Crippen LogP contribution in [0.5, 0.6) is 0 Å². The topological polar surface area (TPSA) is 157 Å². The molecule has 0 amide bonds. The number of carbonyl (C=O) groups excluding carboxylic acids is 3. The fourth-order valence-corrected chi connectivity index (χ4v) is 2.99. The Labute approximate surface area is 145 Å². The van der Waals surface area contributed by atoms with Gasteiger partial charge in [-0.2, -0.15) is 0 Å². The zero-order valence-electron chi connectivity index (χ0n) is 15.5. The highest BCUT2D eigenvalue weighted by Crippen LogP contribution is 2.45. The second-order valence-electron chi connectivity index (χ2n) is 8.06. The summed E-state index contributed by atoms with van der Waals surface area (Å²) in [6, 6.07) is 0. The lowest BCUT2D eigenvalue weighted by molar-refractivity contribution is -0.197. The quantitative estimate of drug-likeness (QED) is 0.358. The molecule has 3 N–H and O–H groups in total. The van der Waals surface area contributed by atoms with Crippen LogP contribution in [0.1, 0.15) is 48.5 Å². The van der Waals surface area contributed by atoms with Gasteiger partial charge in [0.25, 0.3) is 11.4 Å². The molecule has 1 fully saturated rings. The summed E-state index contributed by atoms with van der Waals surface area (Å²) in [7, 11) is 0. The zero-order valence-corrected chi connectivity index (χ0v) is 15.5. The van der Waals surface area contributed by atoms with Gasteiger partial charge >= 0.3 is 23.2 Å². The van der Waals surface area contributed by atoms with E-state index in [1.165, 1.54) is 41.5 Å². The van der Waals surface area contributed by atoms with Crippen LogP contribution in [-0.2, 0) is 19.1 Å². The van der Waals surface area contributed by atoms with Crippen molar-refractivity contribution in [3.05, 3.63) is 0 Å². The lowest BCUT2D eigenvalue weighted by Gasteiger charge is -2.43. The molecule has 1 aliphatic rings. The molecule has 0 aromatic rings. The van der Waals surface area contributed by atoms with Gasteiger partial charge in [-0.25, -0.2) is 0 Å². The van der Waals surface area contributed by atoms with Crippen molar-refractivity contribution in [2.75, 3.05) is 0 Å². The summed E-state index contributed by atoms with van der Waals surface area (Å²) in [6.45, 7) is 10.1. The van der Waals surface area contributed by atoms with Gasteiger partial charge in [-0.05, 0) is 0 Å². The Kier molecular flexibility index (Phi) is 4.78. The van der Waals surface area contributed by atoms with Crippen molar-refractivity contribution in [1.29, 1.82) is 11.1 Å². The fourth-order valence-electron chi connectivity index (χ4n) is 2.99. The normalized spacial score (nSPS) is 27.7. The first-order valence-corrected chi connectivity index (χ1v) is 7.64. The Balaban J connectivity index is 4.05. The number of ether oxygens (including phenoxy) is 1. The van der Waals surface area contributed by atoms with Crippen LogP contribution in [0.2, 0.25) is 0 Å². The highest BCUT2D eigenvalue weighted by molar-refractivity contribution is 6.67. The number of hydrogen-bond acceptors (Lipinski definition) is 7. The SMILES string of the molecule is CC(=O)OC1(C(C)(C)C)C(=O)C(=[N+]=N)C(O)(C(C)(C)C)C(=O)C1=[N+]=N. The Bertz CT molecular complexity index is 760. The van der Waals surface area contributed by atoms with E-state index in [2.05, 4.69) is 9.58 Å². The van der Waals surface area contributed by atoms with Crippen LogP contribution in [0.15, 0.2) is 0 Å². The van der Waals surface area contributed by atoms with Crippen LogP contribution in [0, 0.1) is 21.9 Å². The molecule has 136 valence electrons. The van der Waals surface area contributed by atoms with Crippen LogP contribution in [0.3, 0.4) is 0 Å². The van der Waals surface area contributed by atoms with Crippen molar-refractivity contribution >= 4 is 29.0 Å². The summed E-state index contributed by atoms with van der Waals surface area (Å²) < 4.78 is 5.23. The Morgan fingerprint density at radius 3 is 1.68 bits per heavy atom. The van der Waals surface area contributed by atoms with Gasteiger partial charge in [-0.1, -0.05) is 41.5 Å². The van der Waals surface area contributed by atoms with E-state index in [4.69, 9.17) is 15.8 Å². The predicted molar refractivity (Wildman–Crippen MR) is 84.3 cm³/mol. The molecule has 0 aromatic carbocycles. The van der Waals surface area contributed by atoms with E-state index in [-0.39, 0.29) is 0 Å². The number of nitrogens with zero attached hydrogens (tertiary/aromatic N) is 2. The molecule has 9 nitrogen and oxygen atoms in total. The summed E-state index contributed by atoms with van der Waals surface area (Å²) in [5, 5.41) is 11.0. The van der Waals surface area contributed by atoms with Crippen LogP contribution in [0.4, 0.5) is 0 Å². The molecule has 0 bridgehead atoms. The van der Waals surface area contributed by atoms with E-state index < -0.39 is 51.0 Å². The molecule has 0 aromatic heterocycles. The first-order chi connectivity index (χ1) is 11.1. The van der Waals surface area contributed by atoms with Crippen molar-refractivity contribution in [3.8, 4) is 0 Å². The van der Waals surface area contributed by atoms with E-state index in [0.29, 0.717) is 0 Å².